The lowest BCUT2D eigenvalue weighted by Crippen LogP contribution is -2.45. The molecule has 33 heavy (non-hydrogen) atoms. The second-order valence-corrected chi connectivity index (χ2v) is 9.08. The van der Waals surface area contributed by atoms with Crippen molar-refractivity contribution in [2.45, 2.75) is 24.7 Å². The van der Waals surface area contributed by atoms with E-state index < -0.39 is 5.41 Å². The van der Waals surface area contributed by atoms with Gasteiger partial charge in [-0.2, -0.15) is 0 Å². The summed E-state index contributed by atoms with van der Waals surface area (Å²) in [6, 6.07) is 26.8. The first-order valence-electron chi connectivity index (χ1n) is 11.8. The van der Waals surface area contributed by atoms with Crippen LogP contribution in [0.5, 0.6) is 5.75 Å². The summed E-state index contributed by atoms with van der Waals surface area (Å²) >= 11 is 0. The fraction of sp³-hybridized carbons (Fsp3) is 0.310. The number of fused-ring (bicyclic) bond motifs is 1. The molecule has 2 aliphatic heterocycles. The third-order valence-corrected chi connectivity index (χ3v) is 7.29. The van der Waals surface area contributed by atoms with Crippen molar-refractivity contribution in [2.75, 3.05) is 26.2 Å². The van der Waals surface area contributed by atoms with Crippen LogP contribution in [0.1, 0.15) is 28.7 Å². The Bertz CT molecular complexity index is 1090. The molecular formula is C29H30N2O2. The molecule has 2 heterocycles. The molecule has 5 rings (SSSR count). The summed E-state index contributed by atoms with van der Waals surface area (Å²) in [4.78, 5) is 20.0. The monoisotopic (exact) mass is 438 g/mol. The van der Waals surface area contributed by atoms with Crippen molar-refractivity contribution in [3.63, 3.8) is 0 Å². The van der Waals surface area contributed by atoms with Crippen molar-refractivity contribution in [3.05, 3.63) is 101 Å². The van der Waals surface area contributed by atoms with Crippen molar-refractivity contribution in [3.8, 4) is 5.75 Å². The minimum Gasteiger partial charge on any atom is -0.493 e. The molecule has 1 saturated heterocycles. The molecule has 1 fully saturated rings. The second kappa shape index (κ2) is 9.32. The van der Waals surface area contributed by atoms with E-state index in [1.807, 2.05) is 36.4 Å². The van der Waals surface area contributed by atoms with E-state index in [0.29, 0.717) is 0 Å². The predicted molar refractivity (Wildman–Crippen MR) is 132 cm³/mol. The summed E-state index contributed by atoms with van der Waals surface area (Å²) in [5.41, 5.74) is 3.85. The molecule has 3 aromatic rings. The van der Waals surface area contributed by atoms with Crippen molar-refractivity contribution in [1.29, 1.82) is 0 Å². The average molecular weight is 439 g/mol. The van der Waals surface area contributed by atoms with Gasteiger partial charge in [0.1, 0.15) is 11.2 Å². The fourth-order valence-electron chi connectivity index (χ4n) is 5.66. The van der Waals surface area contributed by atoms with E-state index in [-0.39, 0.29) is 11.8 Å². The van der Waals surface area contributed by atoms with Gasteiger partial charge < -0.3 is 9.64 Å². The maximum Gasteiger partial charge on any atom is 0.260 e. The Hall–Kier alpha value is -3.24. The van der Waals surface area contributed by atoms with Crippen molar-refractivity contribution in [1.82, 2.24) is 4.90 Å². The van der Waals surface area contributed by atoms with E-state index in [9.17, 15) is 4.79 Å². The summed E-state index contributed by atoms with van der Waals surface area (Å²) < 4.78 is 5.64. The molecule has 3 aromatic carbocycles. The molecular weight excluding hydrogens is 408 g/mol. The Kier molecular flexibility index (Phi) is 6.10. The van der Waals surface area contributed by atoms with Gasteiger partial charge in [0.05, 0.1) is 6.61 Å². The summed E-state index contributed by atoms with van der Waals surface area (Å²) in [5, 5.41) is 0. The number of ether oxygens (including phenoxy) is 1. The number of nitrogens with zero attached hydrogens (tertiary/aromatic N) is 2. The zero-order chi connectivity index (χ0) is 22.7. The first-order valence-corrected chi connectivity index (χ1v) is 11.8. The fourth-order valence-corrected chi connectivity index (χ4v) is 5.66. The van der Waals surface area contributed by atoms with E-state index in [1.165, 1.54) is 11.1 Å². The van der Waals surface area contributed by atoms with Crippen molar-refractivity contribution in [2.24, 2.45) is 10.9 Å². The van der Waals surface area contributed by atoms with Gasteiger partial charge in [0.2, 0.25) is 0 Å². The maximum absolute atomic E-state index is 13.6. The van der Waals surface area contributed by atoms with E-state index in [1.54, 1.807) is 0 Å². The summed E-state index contributed by atoms with van der Waals surface area (Å²) in [7, 11) is 0. The number of aliphatic imine (C=N–C) groups is 1. The van der Waals surface area contributed by atoms with Crippen LogP contribution in [0.2, 0.25) is 0 Å². The average Bonchev–Trinajstić information content (AvgIpc) is 3.54. The van der Waals surface area contributed by atoms with E-state index in [0.717, 1.165) is 62.4 Å². The number of benzene rings is 3. The molecule has 0 radical (unpaired) electrons. The van der Waals surface area contributed by atoms with E-state index >= 15 is 0 Å². The summed E-state index contributed by atoms with van der Waals surface area (Å²) in [6.45, 7) is 7.25. The maximum atomic E-state index is 13.6. The van der Waals surface area contributed by atoms with Crippen molar-refractivity contribution < 1.29 is 9.53 Å². The predicted octanol–water partition coefficient (Wildman–Crippen LogP) is 4.70. The van der Waals surface area contributed by atoms with Gasteiger partial charge in [-0.25, -0.2) is 4.99 Å². The van der Waals surface area contributed by atoms with Crippen LogP contribution < -0.4 is 4.74 Å². The number of hydrogen-bond acceptors (Lipinski definition) is 3. The number of hydrogen-bond donors (Lipinski definition) is 0. The summed E-state index contributed by atoms with van der Waals surface area (Å²) in [6.07, 6.45) is 2.95. The Morgan fingerprint density at radius 2 is 1.73 bits per heavy atom. The number of likely N-dealkylation sites (tertiary alicyclic amines) is 1. The smallest absolute Gasteiger partial charge is 0.260 e. The largest absolute Gasteiger partial charge is 0.493 e. The molecule has 4 heteroatoms. The highest BCUT2D eigenvalue weighted by molar-refractivity contribution is 5.95. The highest BCUT2D eigenvalue weighted by Crippen LogP contribution is 2.44. The lowest BCUT2D eigenvalue weighted by Gasteiger charge is -2.37. The van der Waals surface area contributed by atoms with Crippen LogP contribution in [0, 0.1) is 5.92 Å². The standard InChI is InChI=1S/C29H30N2O2/c1-30-28(32)29(24-8-4-2-5-9-24,25-10-6-3-7-11-25)26-15-18-31(21-26)17-14-22-12-13-27-23(20-22)16-19-33-27/h2-13,20,26H,1,14-19,21H2. The number of carbonyl (C=O) groups excluding carboxylic acids is 1. The molecule has 2 aliphatic rings. The molecule has 1 unspecified atom stereocenters. The Labute approximate surface area is 195 Å². The minimum atomic E-state index is -0.816. The highest BCUT2D eigenvalue weighted by atomic mass is 16.5. The van der Waals surface area contributed by atoms with Gasteiger partial charge >= 0.3 is 0 Å². The van der Waals surface area contributed by atoms with Crippen molar-refractivity contribution >= 4 is 12.6 Å². The zero-order valence-corrected chi connectivity index (χ0v) is 19.0. The quantitative estimate of drug-likeness (QED) is 0.502. The third-order valence-electron chi connectivity index (χ3n) is 7.29. The molecule has 168 valence electrons. The molecule has 0 aliphatic carbocycles. The van der Waals surface area contributed by atoms with Crippen LogP contribution in [-0.4, -0.2) is 43.8 Å². The lowest BCUT2D eigenvalue weighted by molar-refractivity contribution is -0.123. The normalized spacial score (nSPS) is 18.0. The number of amides is 1. The minimum absolute atomic E-state index is 0.133. The molecule has 0 N–H and O–H groups in total. The van der Waals surface area contributed by atoms with Crippen LogP contribution in [-0.2, 0) is 23.1 Å². The molecule has 1 atom stereocenters. The lowest BCUT2D eigenvalue weighted by atomic mass is 9.64. The molecule has 4 nitrogen and oxygen atoms in total. The Balaban J connectivity index is 1.41. The number of rotatable bonds is 7. The van der Waals surface area contributed by atoms with Gasteiger partial charge in [0.25, 0.3) is 5.91 Å². The molecule has 0 bridgehead atoms. The van der Waals surface area contributed by atoms with Crippen LogP contribution in [0.25, 0.3) is 0 Å². The SMILES string of the molecule is C=NC(=O)C(c1ccccc1)(c1ccccc1)C1CCN(CCc2ccc3c(c2)CCO3)C1. The zero-order valence-electron chi connectivity index (χ0n) is 19.0. The van der Waals surface area contributed by atoms with Crippen LogP contribution in [0.4, 0.5) is 0 Å². The molecule has 1 amide bonds. The van der Waals surface area contributed by atoms with Gasteiger partial charge in [-0.1, -0.05) is 72.8 Å². The van der Waals surface area contributed by atoms with Gasteiger partial charge in [0.15, 0.2) is 0 Å². The van der Waals surface area contributed by atoms with E-state index in [4.69, 9.17) is 4.74 Å². The van der Waals surface area contributed by atoms with Crippen LogP contribution in [0.15, 0.2) is 83.9 Å². The first-order chi connectivity index (χ1) is 16.2. The molecule has 0 aromatic heterocycles. The molecule has 0 saturated carbocycles. The second-order valence-electron chi connectivity index (χ2n) is 9.08. The Morgan fingerprint density at radius 1 is 1.03 bits per heavy atom. The topological polar surface area (TPSA) is 41.9 Å². The van der Waals surface area contributed by atoms with Gasteiger partial charge in [0, 0.05) is 19.5 Å². The first kappa shape index (κ1) is 21.6. The highest BCUT2D eigenvalue weighted by Gasteiger charge is 2.50. The third kappa shape index (κ3) is 4.00. The summed E-state index contributed by atoms with van der Waals surface area (Å²) in [5.74, 6) is 1.00. The van der Waals surface area contributed by atoms with Gasteiger partial charge in [-0.15, -0.1) is 0 Å². The molecule has 0 spiro atoms. The Morgan fingerprint density at radius 3 is 2.39 bits per heavy atom. The van der Waals surface area contributed by atoms with E-state index in [2.05, 4.69) is 59.1 Å². The van der Waals surface area contributed by atoms with Crippen LogP contribution >= 0.6 is 0 Å². The number of carbonyl (C=O) groups is 1. The van der Waals surface area contributed by atoms with Crippen LogP contribution in [0.3, 0.4) is 0 Å². The van der Waals surface area contributed by atoms with Gasteiger partial charge in [-0.05, 0) is 60.3 Å². The van der Waals surface area contributed by atoms with Gasteiger partial charge in [-0.3, -0.25) is 4.79 Å².